The molecule has 4 nitrogen and oxygen atoms in total. The third-order valence-corrected chi connectivity index (χ3v) is 3.98. The summed E-state index contributed by atoms with van der Waals surface area (Å²) in [4.78, 5) is 18.4. The van der Waals surface area contributed by atoms with Gasteiger partial charge in [-0.3, -0.25) is 4.98 Å². The quantitative estimate of drug-likeness (QED) is 0.942. The summed E-state index contributed by atoms with van der Waals surface area (Å²) in [5.74, 6) is 0. The summed E-state index contributed by atoms with van der Waals surface area (Å²) in [6.45, 7) is 2.28. The summed E-state index contributed by atoms with van der Waals surface area (Å²) in [5, 5.41) is 3.01. The van der Waals surface area contributed by atoms with Crippen LogP contribution < -0.4 is 5.32 Å². The Morgan fingerprint density at radius 1 is 1.09 bits per heavy atom. The predicted octanol–water partition coefficient (Wildman–Crippen LogP) is 3.44. The van der Waals surface area contributed by atoms with Crippen molar-refractivity contribution in [3.8, 4) is 11.3 Å². The van der Waals surface area contributed by atoms with Crippen molar-refractivity contribution >= 4 is 6.03 Å². The Hall–Kier alpha value is -2.36. The Balaban J connectivity index is 1.62. The zero-order valence-electron chi connectivity index (χ0n) is 12.7. The minimum Gasteiger partial charge on any atom is -0.334 e. The van der Waals surface area contributed by atoms with Crippen LogP contribution in [-0.4, -0.2) is 29.0 Å². The monoisotopic (exact) mass is 295 g/mol. The zero-order valence-corrected chi connectivity index (χ0v) is 12.7. The van der Waals surface area contributed by atoms with Crippen LogP contribution in [-0.2, 0) is 6.54 Å². The van der Waals surface area contributed by atoms with Crippen molar-refractivity contribution in [2.45, 2.75) is 25.8 Å². The minimum atomic E-state index is 0.0396. The van der Waals surface area contributed by atoms with E-state index in [1.54, 1.807) is 6.20 Å². The van der Waals surface area contributed by atoms with Gasteiger partial charge in [0, 0.05) is 31.4 Å². The summed E-state index contributed by atoms with van der Waals surface area (Å²) in [7, 11) is 0. The molecular formula is C18H21N3O. The van der Waals surface area contributed by atoms with Gasteiger partial charge in [-0.2, -0.15) is 0 Å². The molecule has 0 unspecified atom stereocenters. The standard InChI is InChI=1S/C18H21N3O/c22-18(21-11-5-2-6-12-21)20-14-15-9-10-19-17(13-15)16-7-3-1-4-8-16/h1,3-4,7-10,13H,2,5-6,11-12,14H2,(H,20,22). The molecule has 2 heterocycles. The number of carbonyl (C=O) groups excluding carboxylic acids is 1. The second-order valence-corrected chi connectivity index (χ2v) is 5.62. The highest BCUT2D eigenvalue weighted by atomic mass is 16.2. The maximum Gasteiger partial charge on any atom is 0.317 e. The van der Waals surface area contributed by atoms with Gasteiger partial charge in [0.05, 0.1) is 5.69 Å². The van der Waals surface area contributed by atoms with Crippen LogP contribution in [0.2, 0.25) is 0 Å². The number of aromatic nitrogens is 1. The number of hydrogen-bond acceptors (Lipinski definition) is 2. The maximum absolute atomic E-state index is 12.1. The highest BCUT2D eigenvalue weighted by molar-refractivity contribution is 5.74. The molecule has 22 heavy (non-hydrogen) atoms. The number of rotatable bonds is 3. The smallest absolute Gasteiger partial charge is 0.317 e. The Kier molecular flexibility index (Phi) is 4.68. The first-order chi connectivity index (χ1) is 10.8. The van der Waals surface area contributed by atoms with Gasteiger partial charge < -0.3 is 10.2 Å². The lowest BCUT2D eigenvalue weighted by Gasteiger charge is -2.26. The second-order valence-electron chi connectivity index (χ2n) is 5.62. The molecule has 3 rings (SSSR count). The lowest BCUT2D eigenvalue weighted by molar-refractivity contribution is 0.186. The van der Waals surface area contributed by atoms with Crippen molar-refractivity contribution in [2.75, 3.05) is 13.1 Å². The Morgan fingerprint density at radius 2 is 1.86 bits per heavy atom. The molecule has 0 radical (unpaired) electrons. The van der Waals surface area contributed by atoms with E-state index in [9.17, 15) is 4.79 Å². The number of hydrogen-bond donors (Lipinski definition) is 1. The molecule has 4 heteroatoms. The molecule has 0 aliphatic carbocycles. The molecule has 1 aromatic carbocycles. The van der Waals surface area contributed by atoms with Crippen molar-refractivity contribution in [2.24, 2.45) is 0 Å². The first-order valence-electron chi connectivity index (χ1n) is 7.86. The van der Waals surface area contributed by atoms with Gasteiger partial charge in [-0.25, -0.2) is 4.79 Å². The molecule has 0 bridgehead atoms. The van der Waals surface area contributed by atoms with Gasteiger partial charge in [-0.1, -0.05) is 30.3 Å². The van der Waals surface area contributed by atoms with Crippen LogP contribution in [0.1, 0.15) is 24.8 Å². The summed E-state index contributed by atoms with van der Waals surface area (Å²) < 4.78 is 0. The van der Waals surface area contributed by atoms with Crippen molar-refractivity contribution in [3.05, 3.63) is 54.2 Å². The minimum absolute atomic E-state index is 0.0396. The number of likely N-dealkylation sites (tertiary alicyclic amines) is 1. The zero-order chi connectivity index (χ0) is 15.2. The highest BCUT2D eigenvalue weighted by Crippen LogP contribution is 2.17. The third kappa shape index (κ3) is 3.64. The largest absolute Gasteiger partial charge is 0.334 e. The highest BCUT2D eigenvalue weighted by Gasteiger charge is 2.15. The molecule has 1 fully saturated rings. The molecule has 114 valence electrons. The lowest BCUT2D eigenvalue weighted by atomic mass is 10.1. The number of piperidine rings is 1. The van der Waals surface area contributed by atoms with E-state index in [0.29, 0.717) is 6.54 Å². The summed E-state index contributed by atoms with van der Waals surface area (Å²) >= 11 is 0. The molecule has 1 aliphatic heterocycles. The van der Waals surface area contributed by atoms with E-state index in [1.165, 1.54) is 6.42 Å². The fourth-order valence-corrected chi connectivity index (χ4v) is 2.74. The number of nitrogens with one attached hydrogen (secondary N) is 1. The number of pyridine rings is 1. The molecule has 0 spiro atoms. The number of amides is 2. The third-order valence-electron chi connectivity index (χ3n) is 3.98. The van der Waals surface area contributed by atoms with Crippen LogP contribution in [0.4, 0.5) is 4.79 Å². The number of benzene rings is 1. The number of urea groups is 1. The van der Waals surface area contributed by atoms with E-state index in [1.807, 2.05) is 47.4 Å². The summed E-state index contributed by atoms with van der Waals surface area (Å²) in [6.07, 6.45) is 5.25. The molecule has 0 saturated carbocycles. The van der Waals surface area contributed by atoms with Gasteiger partial charge in [-0.05, 0) is 37.0 Å². The normalized spacial score (nSPS) is 14.6. The van der Waals surface area contributed by atoms with Crippen molar-refractivity contribution in [1.82, 2.24) is 15.2 Å². The molecule has 0 atom stereocenters. The fraction of sp³-hybridized carbons (Fsp3) is 0.333. The predicted molar refractivity (Wildman–Crippen MR) is 87.3 cm³/mol. The Labute approximate surface area is 131 Å². The van der Waals surface area contributed by atoms with Crippen LogP contribution in [0.3, 0.4) is 0 Å². The van der Waals surface area contributed by atoms with E-state index in [0.717, 1.165) is 42.8 Å². The van der Waals surface area contributed by atoms with Gasteiger partial charge in [0.1, 0.15) is 0 Å². The van der Waals surface area contributed by atoms with Gasteiger partial charge in [0.25, 0.3) is 0 Å². The summed E-state index contributed by atoms with van der Waals surface area (Å²) in [5.41, 5.74) is 3.09. The SMILES string of the molecule is O=C(NCc1ccnc(-c2ccccc2)c1)N1CCCCC1. The Morgan fingerprint density at radius 3 is 2.64 bits per heavy atom. The fourth-order valence-electron chi connectivity index (χ4n) is 2.74. The van der Waals surface area contributed by atoms with Crippen LogP contribution >= 0.6 is 0 Å². The molecule has 2 aromatic rings. The van der Waals surface area contributed by atoms with E-state index in [2.05, 4.69) is 10.3 Å². The molecule has 1 N–H and O–H groups in total. The van der Waals surface area contributed by atoms with Crippen molar-refractivity contribution in [1.29, 1.82) is 0 Å². The molecule has 2 amide bonds. The molecular weight excluding hydrogens is 274 g/mol. The van der Waals surface area contributed by atoms with Crippen molar-refractivity contribution < 1.29 is 4.79 Å². The molecule has 1 aromatic heterocycles. The van der Waals surface area contributed by atoms with E-state index in [-0.39, 0.29) is 6.03 Å². The molecule has 1 aliphatic rings. The van der Waals surface area contributed by atoms with E-state index in [4.69, 9.17) is 0 Å². The topological polar surface area (TPSA) is 45.2 Å². The van der Waals surface area contributed by atoms with Gasteiger partial charge in [-0.15, -0.1) is 0 Å². The van der Waals surface area contributed by atoms with Crippen LogP contribution in [0.15, 0.2) is 48.7 Å². The Bertz CT molecular complexity index is 621. The van der Waals surface area contributed by atoms with Crippen LogP contribution in [0.5, 0.6) is 0 Å². The average Bonchev–Trinajstić information content (AvgIpc) is 2.61. The lowest BCUT2D eigenvalue weighted by Crippen LogP contribution is -2.42. The first kappa shape index (κ1) is 14.6. The van der Waals surface area contributed by atoms with Gasteiger partial charge in [0.15, 0.2) is 0 Å². The first-order valence-corrected chi connectivity index (χ1v) is 7.86. The van der Waals surface area contributed by atoms with Gasteiger partial charge in [0.2, 0.25) is 0 Å². The van der Waals surface area contributed by atoms with E-state index >= 15 is 0 Å². The van der Waals surface area contributed by atoms with E-state index < -0.39 is 0 Å². The maximum atomic E-state index is 12.1. The second kappa shape index (κ2) is 7.07. The van der Waals surface area contributed by atoms with Crippen LogP contribution in [0.25, 0.3) is 11.3 Å². The van der Waals surface area contributed by atoms with Crippen LogP contribution in [0, 0.1) is 0 Å². The van der Waals surface area contributed by atoms with Crippen molar-refractivity contribution in [3.63, 3.8) is 0 Å². The average molecular weight is 295 g/mol. The molecule has 1 saturated heterocycles. The number of nitrogens with zero attached hydrogens (tertiary/aromatic N) is 2. The van der Waals surface area contributed by atoms with Gasteiger partial charge >= 0.3 is 6.03 Å². The summed E-state index contributed by atoms with van der Waals surface area (Å²) in [6, 6.07) is 14.1. The number of carbonyl (C=O) groups is 1.